The summed E-state index contributed by atoms with van der Waals surface area (Å²) in [7, 11) is 2.72. The molecular formula is C23H28O9. The Balaban J connectivity index is 1.78. The molecule has 2 aromatic rings. The molecule has 0 spiro atoms. The Morgan fingerprint density at radius 2 is 1.81 bits per heavy atom. The van der Waals surface area contributed by atoms with Gasteiger partial charge in [0.05, 0.1) is 13.7 Å². The topological polar surface area (TPSA) is 124 Å². The molecule has 0 aliphatic carbocycles. The van der Waals surface area contributed by atoms with Crippen molar-refractivity contribution in [2.75, 3.05) is 20.8 Å². The molecule has 5 atom stereocenters. The zero-order valence-electron chi connectivity index (χ0n) is 18.1. The second kappa shape index (κ2) is 10.8. The van der Waals surface area contributed by atoms with Gasteiger partial charge in [-0.2, -0.15) is 0 Å². The summed E-state index contributed by atoms with van der Waals surface area (Å²) >= 11 is 0. The number of methoxy groups -OCH3 is 2. The van der Waals surface area contributed by atoms with Gasteiger partial charge in [-0.3, -0.25) is 0 Å². The summed E-state index contributed by atoms with van der Waals surface area (Å²) in [6.07, 6.45) is -6.53. The lowest BCUT2D eigenvalue weighted by Crippen LogP contribution is -2.60. The Hall–Kier alpha value is -2.69. The number of benzene rings is 2. The van der Waals surface area contributed by atoms with Gasteiger partial charge >= 0.3 is 5.97 Å². The van der Waals surface area contributed by atoms with Gasteiger partial charge in [0.1, 0.15) is 42.0 Å². The second-order valence-electron chi connectivity index (χ2n) is 7.40. The number of aryl methyl sites for hydroxylation is 1. The molecule has 0 amide bonds. The number of aliphatic hydroxyl groups is 3. The van der Waals surface area contributed by atoms with Crippen LogP contribution in [0.3, 0.4) is 0 Å². The Kier molecular flexibility index (Phi) is 8.05. The van der Waals surface area contributed by atoms with Crippen molar-refractivity contribution in [1.82, 2.24) is 0 Å². The second-order valence-corrected chi connectivity index (χ2v) is 7.40. The smallest absolute Gasteiger partial charge is 0.342 e. The number of rotatable bonds is 8. The average Bonchev–Trinajstić information content (AvgIpc) is 2.81. The van der Waals surface area contributed by atoms with Gasteiger partial charge in [-0.25, -0.2) is 4.79 Å². The van der Waals surface area contributed by atoms with Crippen LogP contribution in [0.4, 0.5) is 0 Å². The first-order chi connectivity index (χ1) is 15.4. The van der Waals surface area contributed by atoms with Crippen molar-refractivity contribution in [1.29, 1.82) is 0 Å². The van der Waals surface area contributed by atoms with Crippen molar-refractivity contribution < 1.29 is 43.8 Å². The Bertz CT molecular complexity index is 900. The molecule has 1 saturated heterocycles. The molecule has 174 valence electrons. The van der Waals surface area contributed by atoms with Gasteiger partial charge in [0.2, 0.25) is 0 Å². The van der Waals surface area contributed by atoms with Crippen molar-refractivity contribution >= 4 is 5.97 Å². The summed E-state index contributed by atoms with van der Waals surface area (Å²) in [6, 6.07) is 12.9. The van der Waals surface area contributed by atoms with Crippen LogP contribution in [0.25, 0.3) is 0 Å². The summed E-state index contributed by atoms with van der Waals surface area (Å²) in [5.41, 5.74) is 1.66. The molecule has 1 aliphatic rings. The third kappa shape index (κ3) is 5.20. The molecule has 0 bridgehead atoms. The SMILES string of the molecule is COc1cc(OCc2ccccc2)cc(C)c1C(=O)O[C@H]1[C@@H](OC)O[C@H](CO)[C@@H](O)[C@@H]1O. The molecule has 2 aromatic carbocycles. The molecule has 3 N–H and O–H groups in total. The third-order valence-corrected chi connectivity index (χ3v) is 5.25. The number of ether oxygens (including phenoxy) is 5. The Labute approximate surface area is 186 Å². The average molecular weight is 448 g/mol. The fourth-order valence-corrected chi connectivity index (χ4v) is 3.52. The van der Waals surface area contributed by atoms with Gasteiger partial charge in [-0.1, -0.05) is 30.3 Å². The van der Waals surface area contributed by atoms with Crippen LogP contribution in [0.2, 0.25) is 0 Å². The molecule has 1 aliphatic heterocycles. The van der Waals surface area contributed by atoms with Crippen LogP contribution in [0.15, 0.2) is 42.5 Å². The fourth-order valence-electron chi connectivity index (χ4n) is 3.52. The summed E-state index contributed by atoms with van der Waals surface area (Å²) in [5.74, 6) is -0.0536. The lowest BCUT2D eigenvalue weighted by Gasteiger charge is -2.40. The zero-order valence-corrected chi connectivity index (χ0v) is 18.1. The summed E-state index contributed by atoms with van der Waals surface area (Å²) in [4.78, 5) is 13.0. The first-order valence-corrected chi connectivity index (χ1v) is 10.1. The van der Waals surface area contributed by atoms with E-state index in [-0.39, 0.29) is 11.3 Å². The minimum Gasteiger partial charge on any atom is -0.496 e. The van der Waals surface area contributed by atoms with Gasteiger partial charge in [-0.05, 0) is 24.1 Å². The minimum absolute atomic E-state index is 0.139. The van der Waals surface area contributed by atoms with Crippen molar-refractivity contribution in [3.05, 3.63) is 59.2 Å². The maximum atomic E-state index is 13.0. The monoisotopic (exact) mass is 448 g/mol. The molecule has 1 fully saturated rings. The van der Waals surface area contributed by atoms with Crippen LogP contribution >= 0.6 is 0 Å². The van der Waals surface area contributed by atoms with Crippen molar-refractivity contribution in [2.24, 2.45) is 0 Å². The lowest BCUT2D eigenvalue weighted by atomic mass is 9.99. The van der Waals surface area contributed by atoms with E-state index < -0.39 is 43.3 Å². The summed E-state index contributed by atoms with van der Waals surface area (Å²) in [5, 5.41) is 29.8. The highest BCUT2D eigenvalue weighted by Crippen LogP contribution is 2.32. The molecule has 3 rings (SSSR count). The van der Waals surface area contributed by atoms with Crippen molar-refractivity contribution in [3.8, 4) is 11.5 Å². The lowest BCUT2D eigenvalue weighted by molar-refractivity contribution is -0.293. The number of carbonyl (C=O) groups is 1. The van der Waals surface area contributed by atoms with E-state index in [2.05, 4.69) is 0 Å². The minimum atomic E-state index is -1.52. The Morgan fingerprint density at radius 1 is 1.09 bits per heavy atom. The van der Waals surface area contributed by atoms with Crippen LogP contribution in [-0.4, -0.2) is 72.8 Å². The maximum absolute atomic E-state index is 13.0. The fraction of sp³-hybridized carbons (Fsp3) is 0.435. The largest absolute Gasteiger partial charge is 0.496 e. The van der Waals surface area contributed by atoms with Gasteiger partial charge in [-0.15, -0.1) is 0 Å². The van der Waals surface area contributed by atoms with E-state index in [0.717, 1.165) is 5.56 Å². The van der Waals surface area contributed by atoms with Crippen molar-refractivity contribution in [2.45, 2.75) is 44.2 Å². The van der Waals surface area contributed by atoms with E-state index in [1.165, 1.54) is 14.2 Å². The van der Waals surface area contributed by atoms with Gasteiger partial charge in [0.25, 0.3) is 0 Å². The maximum Gasteiger partial charge on any atom is 0.342 e. The summed E-state index contributed by atoms with van der Waals surface area (Å²) in [6.45, 7) is 1.52. The molecule has 9 heteroatoms. The standard InChI is InChI=1S/C23H28O9/c1-13-9-15(30-12-14-7-5-4-6-8-14)10-16(28-2)18(13)22(27)32-21-20(26)19(25)17(11-24)31-23(21)29-3/h4-10,17,19-21,23-26H,11-12H2,1-3H3/t17-,19-,20+,21-,23+/m1/s1. The molecule has 0 radical (unpaired) electrons. The predicted molar refractivity (Wildman–Crippen MR) is 112 cm³/mol. The van der Waals surface area contributed by atoms with E-state index in [1.54, 1.807) is 19.1 Å². The van der Waals surface area contributed by atoms with Gasteiger partial charge in [0.15, 0.2) is 12.4 Å². The number of hydrogen-bond acceptors (Lipinski definition) is 9. The van der Waals surface area contributed by atoms with E-state index >= 15 is 0 Å². The van der Waals surface area contributed by atoms with Gasteiger partial charge in [0, 0.05) is 13.2 Å². The Morgan fingerprint density at radius 3 is 2.44 bits per heavy atom. The van der Waals surface area contributed by atoms with E-state index in [1.807, 2.05) is 30.3 Å². The molecule has 0 aromatic heterocycles. The number of esters is 1. The first kappa shape index (κ1) is 24.0. The van der Waals surface area contributed by atoms with E-state index in [0.29, 0.717) is 17.9 Å². The molecule has 1 heterocycles. The highest BCUT2D eigenvalue weighted by molar-refractivity contribution is 5.94. The molecule has 9 nitrogen and oxygen atoms in total. The predicted octanol–water partition coefficient (Wildman–Crippen LogP) is 1.19. The number of carbonyl (C=O) groups excluding carboxylic acids is 1. The van der Waals surface area contributed by atoms with Crippen LogP contribution in [0, 0.1) is 6.92 Å². The number of hydrogen-bond donors (Lipinski definition) is 3. The van der Waals surface area contributed by atoms with Gasteiger partial charge < -0.3 is 39.0 Å². The highest BCUT2D eigenvalue weighted by Gasteiger charge is 2.47. The molecule has 32 heavy (non-hydrogen) atoms. The van der Waals surface area contributed by atoms with Crippen LogP contribution in [-0.2, 0) is 20.8 Å². The normalized spacial score (nSPS) is 25.2. The molecule has 0 unspecified atom stereocenters. The highest BCUT2D eigenvalue weighted by atomic mass is 16.7. The van der Waals surface area contributed by atoms with Crippen LogP contribution in [0.5, 0.6) is 11.5 Å². The van der Waals surface area contributed by atoms with E-state index in [9.17, 15) is 20.1 Å². The van der Waals surface area contributed by atoms with Crippen LogP contribution in [0.1, 0.15) is 21.5 Å². The quantitative estimate of drug-likeness (QED) is 0.511. The molecular weight excluding hydrogens is 420 g/mol. The van der Waals surface area contributed by atoms with Crippen LogP contribution < -0.4 is 9.47 Å². The molecule has 0 saturated carbocycles. The van der Waals surface area contributed by atoms with Crippen molar-refractivity contribution in [3.63, 3.8) is 0 Å². The first-order valence-electron chi connectivity index (χ1n) is 10.1. The third-order valence-electron chi connectivity index (χ3n) is 5.25. The van der Waals surface area contributed by atoms with E-state index in [4.69, 9.17) is 23.7 Å². The zero-order chi connectivity index (χ0) is 23.3. The summed E-state index contributed by atoms with van der Waals surface area (Å²) < 4.78 is 27.2. The number of aliphatic hydroxyl groups excluding tert-OH is 3.